The Morgan fingerprint density at radius 3 is 2.40 bits per heavy atom. The van der Waals surface area contributed by atoms with Crippen LogP contribution in [0.25, 0.3) is 0 Å². The molecular weight excluding hydrogens is 406 g/mol. The van der Waals surface area contributed by atoms with Gasteiger partial charge in [0.05, 0.1) is 30.3 Å². The Kier molecular flexibility index (Phi) is 6.34. The van der Waals surface area contributed by atoms with Crippen LogP contribution < -0.4 is 19.9 Å². The molecule has 0 saturated carbocycles. The van der Waals surface area contributed by atoms with Crippen molar-refractivity contribution >= 4 is 21.6 Å². The van der Waals surface area contributed by atoms with Gasteiger partial charge in [0.25, 0.3) is 0 Å². The van der Waals surface area contributed by atoms with Gasteiger partial charge in [0, 0.05) is 6.07 Å². The van der Waals surface area contributed by atoms with E-state index in [9.17, 15) is 13.2 Å². The number of amides is 1. The topological polar surface area (TPSA) is 121 Å². The maximum Gasteiger partial charge on any atom is 0.238 e. The molecule has 30 heavy (non-hydrogen) atoms. The Morgan fingerprint density at radius 2 is 1.80 bits per heavy atom. The summed E-state index contributed by atoms with van der Waals surface area (Å²) in [4.78, 5) is 16.4. The number of primary sulfonamides is 1. The molecule has 0 radical (unpaired) electrons. The average Bonchev–Trinajstić information content (AvgIpc) is 2.70. The third kappa shape index (κ3) is 5.56. The van der Waals surface area contributed by atoms with Crippen LogP contribution in [-0.4, -0.2) is 26.4 Å². The molecule has 3 N–H and O–H groups in total. The minimum Gasteiger partial charge on any atom is -0.493 e. The highest BCUT2D eigenvalue weighted by Crippen LogP contribution is 2.31. The highest BCUT2D eigenvalue weighted by molar-refractivity contribution is 7.89. The normalized spacial score (nSPS) is 11.0. The lowest BCUT2D eigenvalue weighted by molar-refractivity contribution is -0.115. The monoisotopic (exact) mass is 427 g/mol. The van der Waals surface area contributed by atoms with Crippen molar-refractivity contribution in [3.8, 4) is 17.4 Å². The average molecular weight is 427 g/mol. The van der Waals surface area contributed by atoms with E-state index in [0.29, 0.717) is 28.6 Å². The first-order chi connectivity index (χ1) is 14.2. The third-order valence-electron chi connectivity index (χ3n) is 4.17. The van der Waals surface area contributed by atoms with Gasteiger partial charge in [-0.25, -0.2) is 18.5 Å². The zero-order valence-electron chi connectivity index (χ0n) is 16.5. The number of nitrogens with two attached hydrogens (primary N) is 1. The van der Waals surface area contributed by atoms with E-state index in [4.69, 9.17) is 14.6 Å². The molecule has 9 heteroatoms. The predicted octanol–water partition coefficient (Wildman–Crippen LogP) is 3.02. The number of benzene rings is 2. The van der Waals surface area contributed by atoms with Crippen LogP contribution >= 0.6 is 0 Å². The summed E-state index contributed by atoms with van der Waals surface area (Å²) in [5.74, 6) is 1.22. The van der Waals surface area contributed by atoms with Gasteiger partial charge >= 0.3 is 0 Å². The highest BCUT2D eigenvalue weighted by atomic mass is 32.2. The molecule has 1 aromatic heterocycles. The first kappa shape index (κ1) is 21.3. The van der Waals surface area contributed by atoms with E-state index < -0.39 is 10.0 Å². The molecular formula is C21H21N3O5S. The molecule has 3 rings (SSSR count). The smallest absolute Gasteiger partial charge is 0.238 e. The lowest BCUT2D eigenvalue weighted by Gasteiger charge is -2.11. The fourth-order valence-corrected chi connectivity index (χ4v) is 3.19. The number of pyridine rings is 1. The largest absolute Gasteiger partial charge is 0.493 e. The number of nitrogens with one attached hydrogen (secondary N) is 1. The number of aromatic nitrogens is 1. The molecule has 0 aliphatic rings. The van der Waals surface area contributed by atoms with Crippen molar-refractivity contribution in [2.24, 2.45) is 5.14 Å². The number of sulfonamides is 1. The number of ether oxygens (including phenoxy) is 2. The standard InChI is InChI=1S/C21H21N3O5S/c1-14-3-9-18(19(11-14)28-2)29-21-10-6-16(13-23-21)24-20(25)12-15-4-7-17(8-5-15)30(22,26)27/h3-11,13H,12H2,1-2H3,(H,24,25)(H2,22,26,27). The molecule has 3 aromatic rings. The molecule has 1 heterocycles. The number of carbonyl (C=O) groups excluding carboxylic acids is 1. The van der Waals surface area contributed by atoms with Crippen molar-refractivity contribution in [3.63, 3.8) is 0 Å². The van der Waals surface area contributed by atoms with Gasteiger partial charge in [-0.1, -0.05) is 18.2 Å². The van der Waals surface area contributed by atoms with E-state index in [0.717, 1.165) is 5.56 Å². The molecule has 0 atom stereocenters. The van der Waals surface area contributed by atoms with Crippen molar-refractivity contribution in [2.75, 3.05) is 12.4 Å². The van der Waals surface area contributed by atoms with Crippen molar-refractivity contribution < 1.29 is 22.7 Å². The van der Waals surface area contributed by atoms with Crippen LogP contribution in [0.5, 0.6) is 17.4 Å². The predicted molar refractivity (Wildman–Crippen MR) is 112 cm³/mol. The summed E-state index contributed by atoms with van der Waals surface area (Å²) in [7, 11) is -2.19. The Hall–Kier alpha value is -3.43. The summed E-state index contributed by atoms with van der Waals surface area (Å²) in [5, 5.41) is 7.79. The van der Waals surface area contributed by atoms with E-state index >= 15 is 0 Å². The minimum absolute atomic E-state index is 0.00310. The fraction of sp³-hybridized carbons (Fsp3) is 0.143. The Bertz CT molecular complexity index is 1140. The third-order valence-corrected chi connectivity index (χ3v) is 5.10. The summed E-state index contributed by atoms with van der Waals surface area (Å²) in [6, 6.07) is 14.7. The second-order valence-electron chi connectivity index (χ2n) is 6.56. The Balaban J connectivity index is 1.61. The summed E-state index contributed by atoms with van der Waals surface area (Å²) in [6.07, 6.45) is 1.56. The zero-order valence-corrected chi connectivity index (χ0v) is 17.3. The number of rotatable bonds is 7. The number of nitrogens with zero attached hydrogens (tertiary/aromatic N) is 1. The van der Waals surface area contributed by atoms with E-state index in [2.05, 4.69) is 10.3 Å². The molecule has 1 amide bonds. The first-order valence-corrected chi connectivity index (χ1v) is 10.5. The van der Waals surface area contributed by atoms with E-state index in [1.807, 2.05) is 19.1 Å². The zero-order chi connectivity index (χ0) is 21.7. The minimum atomic E-state index is -3.76. The first-order valence-electron chi connectivity index (χ1n) is 8.95. The van der Waals surface area contributed by atoms with Gasteiger partial charge in [-0.15, -0.1) is 0 Å². The van der Waals surface area contributed by atoms with Crippen LogP contribution in [0.4, 0.5) is 5.69 Å². The number of carbonyl (C=O) groups is 1. The fourth-order valence-electron chi connectivity index (χ4n) is 2.67. The summed E-state index contributed by atoms with van der Waals surface area (Å²) < 4.78 is 33.6. The maximum atomic E-state index is 12.2. The molecule has 2 aromatic carbocycles. The van der Waals surface area contributed by atoms with E-state index in [1.165, 1.54) is 18.3 Å². The number of hydrogen-bond acceptors (Lipinski definition) is 6. The highest BCUT2D eigenvalue weighted by Gasteiger charge is 2.10. The molecule has 0 bridgehead atoms. The maximum absolute atomic E-state index is 12.2. The van der Waals surface area contributed by atoms with Gasteiger partial charge in [-0.3, -0.25) is 4.79 Å². The van der Waals surface area contributed by atoms with Gasteiger partial charge < -0.3 is 14.8 Å². The van der Waals surface area contributed by atoms with Gasteiger partial charge in [0.15, 0.2) is 11.5 Å². The van der Waals surface area contributed by atoms with Crippen LogP contribution in [0.3, 0.4) is 0 Å². The Morgan fingerprint density at radius 1 is 1.07 bits per heavy atom. The molecule has 0 aliphatic carbocycles. The van der Waals surface area contributed by atoms with E-state index in [1.54, 1.807) is 37.4 Å². The number of aryl methyl sites for hydroxylation is 1. The van der Waals surface area contributed by atoms with Crippen molar-refractivity contribution in [1.82, 2.24) is 4.98 Å². The number of hydrogen-bond donors (Lipinski definition) is 2. The molecule has 0 aliphatic heterocycles. The van der Waals surface area contributed by atoms with Gasteiger partial charge in [-0.05, 0) is 48.4 Å². The van der Waals surface area contributed by atoms with Crippen LogP contribution in [0.2, 0.25) is 0 Å². The molecule has 0 unspecified atom stereocenters. The number of anilines is 1. The second kappa shape index (κ2) is 8.93. The quantitative estimate of drug-likeness (QED) is 0.598. The summed E-state index contributed by atoms with van der Waals surface area (Å²) in [6.45, 7) is 1.95. The molecule has 8 nitrogen and oxygen atoms in total. The number of methoxy groups -OCH3 is 1. The van der Waals surface area contributed by atoms with E-state index in [-0.39, 0.29) is 17.2 Å². The molecule has 0 spiro atoms. The van der Waals surface area contributed by atoms with Gasteiger partial charge in [0.1, 0.15) is 0 Å². The van der Waals surface area contributed by atoms with Crippen molar-refractivity contribution in [1.29, 1.82) is 0 Å². The summed E-state index contributed by atoms with van der Waals surface area (Å²) in [5.41, 5.74) is 2.20. The van der Waals surface area contributed by atoms with Crippen LogP contribution in [0, 0.1) is 6.92 Å². The van der Waals surface area contributed by atoms with Crippen LogP contribution in [-0.2, 0) is 21.2 Å². The van der Waals surface area contributed by atoms with Crippen molar-refractivity contribution in [3.05, 3.63) is 71.9 Å². The summed E-state index contributed by atoms with van der Waals surface area (Å²) >= 11 is 0. The lowest BCUT2D eigenvalue weighted by atomic mass is 10.1. The SMILES string of the molecule is COc1cc(C)ccc1Oc1ccc(NC(=O)Cc2ccc(S(N)(=O)=O)cc2)cn1. The van der Waals surface area contributed by atoms with Gasteiger partial charge in [-0.2, -0.15) is 0 Å². The second-order valence-corrected chi connectivity index (χ2v) is 8.12. The molecule has 156 valence electrons. The molecule has 0 saturated heterocycles. The Labute approximate surface area is 174 Å². The lowest BCUT2D eigenvalue weighted by Crippen LogP contribution is -2.15. The van der Waals surface area contributed by atoms with Crippen LogP contribution in [0.15, 0.2) is 65.7 Å². The molecule has 0 fully saturated rings. The van der Waals surface area contributed by atoms with Crippen molar-refractivity contribution in [2.45, 2.75) is 18.2 Å². The van der Waals surface area contributed by atoms with Crippen LogP contribution in [0.1, 0.15) is 11.1 Å². The van der Waals surface area contributed by atoms with Gasteiger partial charge in [0.2, 0.25) is 21.8 Å².